The summed E-state index contributed by atoms with van der Waals surface area (Å²) in [5.74, 6) is -0.560. The Bertz CT molecular complexity index is 1030. The van der Waals surface area contributed by atoms with Crippen molar-refractivity contribution in [3.63, 3.8) is 0 Å². The van der Waals surface area contributed by atoms with E-state index in [0.717, 1.165) is 17.3 Å². The van der Waals surface area contributed by atoms with E-state index in [0.29, 0.717) is 17.3 Å². The number of hydrogen-bond acceptors (Lipinski definition) is 4. The number of nitro benzene ring substituents is 1. The molecule has 0 aromatic heterocycles. The monoisotopic (exact) mass is 415 g/mol. The van der Waals surface area contributed by atoms with E-state index in [2.05, 4.69) is 10.6 Å². The minimum Gasteiger partial charge on any atom is -0.380 e. The molecule has 0 spiro atoms. The van der Waals surface area contributed by atoms with Crippen LogP contribution >= 0.6 is 23.2 Å². The lowest BCUT2D eigenvalue weighted by Crippen LogP contribution is -2.13. The van der Waals surface area contributed by atoms with Gasteiger partial charge < -0.3 is 10.6 Å². The van der Waals surface area contributed by atoms with E-state index in [1.165, 1.54) is 12.1 Å². The van der Waals surface area contributed by atoms with Crippen molar-refractivity contribution in [3.8, 4) is 0 Å². The van der Waals surface area contributed by atoms with Crippen LogP contribution in [0.1, 0.15) is 15.9 Å². The number of amides is 1. The van der Waals surface area contributed by atoms with E-state index in [1.807, 2.05) is 30.3 Å². The molecule has 28 heavy (non-hydrogen) atoms. The lowest BCUT2D eigenvalue weighted by molar-refractivity contribution is -0.384. The highest BCUT2D eigenvalue weighted by molar-refractivity contribution is 6.35. The summed E-state index contributed by atoms with van der Waals surface area (Å²) in [5, 5.41) is 17.3. The van der Waals surface area contributed by atoms with E-state index >= 15 is 0 Å². The average molecular weight is 416 g/mol. The minimum atomic E-state index is -0.586. The smallest absolute Gasteiger partial charge is 0.270 e. The lowest BCUT2D eigenvalue weighted by Gasteiger charge is -2.11. The van der Waals surface area contributed by atoms with Crippen molar-refractivity contribution >= 4 is 46.2 Å². The molecule has 3 aromatic rings. The van der Waals surface area contributed by atoms with Gasteiger partial charge in [-0.15, -0.1) is 0 Å². The topological polar surface area (TPSA) is 84.3 Å². The number of nitrogens with zero attached hydrogens (tertiary/aromatic N) is 1. The zero-order valence-corrected chi connectivity index (χ0v) is 16.0. The molecule has 0 unspecified atom stereocenters. The molecule has 6 nitrogen and oxygen atoms in total. The van der Waals surface area contributed by atoms with Gasteiger partial charge in [-0.05, 0) is 29.8 Å². The molecule has 0 saturated heterocycles. The van der Waals surface area contributed by atoms with Crippen molar-refractivity contribution in [2.45, 2.75) is 6.54 Å². The van der Waals surface area contributed by atoms with Gasteiger partial charge in [0.1, 0.15) is 0 Å². The Labute approximate surface area is 171 Å². The van der Waals surface area contributed by atoms with Crippen molar-refractivity contribution in [2.24, 2.45) is 0 Å². The first-order valence-electron chi connectivity index (χ1n) is 8.26. The molecule has 8 heteroatoms. The minimum absolute atomic E-state index is 0.0123. The number of carbonyl (C=O) groups excluding carboxylic acids is 1. The van der Waals surface area contributed by atoms with Crippen LogP contribution in [0.15, 0.2) is 66.7 Å². The fraction of sp³-hybridized carbons (Fsp3) is 0.0500. The number of rotatable bonds is 6. The number of carbonyl (C=O) groups is 1. The highest BCUT2D eigenvalue weighted by atomic mass is 35.5. The second kappa shape index (κ2) is 8.73. The molecule has 0 saturated carbocycles. The zero-order chi connectivity index (χ0) is 20.1. The van der Waals surface area contributed by atoms with Crippen LogP contribution in [0.5, 0.6) is 0 Å². The predicted molar refractivity (Wildman–Crippen MR) is 111 cm³/mol. The molecule has 0 bridgehead atoms. The van der Waals surface area contributed by atoms with Crippen LogP contribution < -0.4 is 10.6 Å². The fourth-order valence-corrected chi connectivity index (χ4v) is 2.98. The summed E-state index contributed by atoms with van der Waals surface area (Å²) in [4.78, 5) is 22.8. The van der Waals surface area contributed by atoms with Crippen LogP contribution in [0.4, 0.5) is 17.1 Å². The summed E-state index contributed by atoms with van der Waals surface area (Å²) in [7, 11) is 0. The first-order valence-corrected chi connectivity index (χ1v) is 9.02. The maximum absolute atomic E-state index is 12.4. The van der Waals surface area contributed by atoms with E-state index in [9.17, 15) is 14.9 Å². The van der Waals surface area contributed by atoms with Gasteiger partial charge in [0.15, 0.2) is 0 Å². The number of non-ortho nitro benzene ring substituents is 1. The summed E-state index contributed by atoms with van der Waals surface area (Å²) < 4.78 is 0. The Morgan fingerprint density at radius 2 is 1.71 bits per heavy atom. The van der Waals surface area contributed by atoms with Gasteiger partial charge in [-0.1, -0.05) is 53.5 Å². The Morgan fingerprint density at radius 1 is 0.964 bits per heavy atom. The zero-order valence-electron chi connectivity index (χ0n) is 14.5. The van der Waals surface area contributed by atoms with Crippen molar-refractivity contribution in [1.82, 2.24) is 0 Å². The highest BCUT2D eigenvalue weighted by Crippen LogP contribution is 2.28. The predicted octanol–water partition coefficient (Wildman–Crippen LogP) is 5.77. The maximum Gasteiger partial charge on any atom is 0.270 e. The van der Waals surface area contributed by atoms with E-state index < -0.39 is 10.8 Å². The van der Waals surface area contributed by atoms with Crippen LogP contribution in [0.25, 0.3) is 0 Å². The quantitative estimate of drug-likeness (QED) is 0.395. The van der Waals surface area contributed by atoms with Gasteiger partial charge in [0.05, 0.1) is 26.2 Å². The normalized spacial score (nSPS) is 10.4. The van der Waals surface area contributed by atoms with Crippen molar-refractivity contribution in [1.29, 1.82) is 0 Å². The molecule has 2 N–H and O–H groups in total. The Morgan fingerprint density at radius 3 is 2.39 bits per heavy atom. The second-order valence-corrected chi connectivity index (χ2v) is 6.72. The third kappa shape index (κ3) is 4.79. The molecule has 3 rings (SSSR count). The largest absolute Gasteiger partial charge is 0.380 e. The van der Waals surface area contributed by atoms with Gasteiger partial charge >= 0.3 is 0 Å². The van der Waals surface area contributed by atoms with Crippen LogP contribution in [0, 0.1) is 10.1 Å². The Hall–Kier alpha value is -3.09. The number of halogens is 2. The summed E-state index contributed by atoms with van der Waals surface area (Å²) in [6.45, 7) is 0.607. The van der Waals surface area contributed by atoms with Gasteiger partial charge in [0, 0.05) is 24.4 Å². The molecule has 142 valence electrons. The maximum atomic E-state index is 12.4. The second-order valence-electron chi connectivity index (χ2n) is 5.91. The van der Waals surface area contributed by atoms with E-state index in [1.54, 1.807) is 18.2 Å². The van der Waals surface area contributed by atoms with Crippen molar-refractivity contribution in [2.75, 3.05) is 10.6 Å². The average Bonchev–Trinajstić information content (AvgIpc) is 2.68. The summed E-state index contributed by atoms with van der Waals surface area (Å²) in [6, 6.07) is 18.6. The lowest BCUT2D eigenvalue weighted by atomic mass is 10.1. The first-order chi connectivity index (χ1) is 13.4. The van der Waals surface area contributed by atoms with Gasteiger partial charge in [-0.3, -0.25) is 14.9 Å². The van der Waals surface area contributed by atoms with E-state index in [-0.39, 0.29) is 16.3 Å². The molecule has 3 aromatic carbocycles. The molecule has 0 aliphatic carbocycles. The molecule has 0 atom stereocenters. The molecule has 0 aliphatic heterocycles. The summed E-state index contributed by atoms with van der Waals surface area (Å²) in [6.07, 6.45) is 0. The number of hydrogen-bond donors (Lipinski definition) is 2. The third-order valence-electron chi connectivity index (χ3n) is 3.96. The van der Waals surface area contributed by atoms with Gasteiger partial charge in [-0.25, -0.2) is 0 Å². The molecule has 0 aliphatic rings. The molecule has 0 fully saturated rings. The highest BCUT2D eigenvalue weighted by Gasteiger charge is 2.16. The Balaban J connectivity index is 1.71. The van der Waals surface area contributed by atoms with E-state index in [4.69, 9.17) is 23.2 Å². The molecule has 1 amide bonds. The van der Waals surface area contributed by atoms with Crippen molar-refractivity contribution < 1.29 is 9.72 Å². The summed E-state index contributed by atoms with van der Waals surface area (Å²) in [5.41, 5.74) is 2.07. The number of anilines is 2. The number of nitro groups is 1. The third-order valence-corrected chi connectivity index (χ3v) is 4.60. The van der Waals surface area contributed by atoms with Gasteiger partial charge in [0.2, 0.25) is 0 Å². The summed E-state index contributed by atoms with van der Waals surface area (Å²) >= 11 is 12.3. The van der Waals surface area contributed by atoms with Gasteiger partial charge in [0.25, 0.3) is 11.6 Å². The standard InChI is InChI=1S/C20H15Cl2N3O3/c21-17-8-7-15(25(27)28)11-16(17)20(26)24-14-6-9-19(18(22)10-14)23-12-13-4-2-1-3-5-13/h1-11,23H,12H2,(H,24,26). The molecule has 0 radical (unpaired) electrons. The van der Waals surface area contributed by atoms with Crippen LogP contribution in [-0.4, -0.2) is 10.8 Å². The Kier molecular flexibility index (Phi) is 6.13. The van der Waals surface area contributed by atoms with Gasteiger partial charge in [-0.2, -0.15) is 0 Å². The van der Waals surface area contributed by atoms with Crippen LogP contribution in [0.2, 0.25) is 10.0 Å². The molecular formula is C20H15Cl2N3O3. The first kappa shape index (κ1) is 19.7. The SMILES string of the molecule is O=C(Nc1ccc(NCc2ccccc2)c(Cl)c1)c1cc([N+](=O)[O-])ccc1Cl. The molecular weight excluding hydrogens is 401 g/mol. The fourth-order valence-electron chi connectivity index (χ4n) is 2.53. The number of benzene rings is 3. The van der Waals surface area contributed by atoms with Crippen LogP contribution in [0.3, 0.4) is 0 Å². The molecule has 0 heterocycles. The number of nitrogens with one attached hydrogen (secondary N) is 2. The van der Waals surface area contributed by atoms with Crippen LogP contribution in [-0.2, 0) is 6.54 Å². The van der Waals surface area contributed by atoms with Crippen molar-refractivity contribution in [3.05, 3.63) is 98.0 Å².